The lowest BCUT2D eigenvalue weighted by Gasteiger charge is -2.35. The molecule has 3 unspecified atom stereocenters. The average Bonchev–Trinajstić information content (AvgIpc) is 3.76. The highest BCUT2D eigenvalue weighted by atomic mass is 19.1. The molecule has 0 radical (unpaired) electrons. The Morgan fingerprint density at radius 2 is 1.63 bits per heavy atom. The smallest absolute Gasteiger partial charge is 0.410 e. The van der Waals surface area contributed by atoms with E-state index in [9.17, 15) is 38.7 Å². The third-order valence-electron chi connectivity index (χ3n) is 12.6. The summed E-state index contributed by atoms with van der Waals surface area (Å²) in [5, 5.41) is 18.1. The number of nitrogens with zero attached hydrogens (tertiary/aromatic N) is 5. The molecule has 6 rings (SSSR count). The molecular formula is C51H64FN9O9. The van der Waals surface area contributed by atoms with Crippen LogP contribution in [0.4, 0.5) is 20.6 Å². The molecule has 2 saturated heterocycles. The van der Waals surface area contributed by atoms with Crippen LogP contribution in [-0.4, -0.2) is 125 Å². The molecule has 0 bridgehead atoms. The normalized spacial score (nSPS) is 15.3. The third-order valence-corrected chi connectivity index (χ3v) is 12.6. The zero-order valence-corrected chi connectivity index (χ0v) is 40.0. The van der Waals surface area contributed by atoms with E-state index in [-0.39, 0.29) is 73.8 Å². The van der Waals surface area contributed by atoms with E-state index < -0.39 is 52.9 Å². The molecule has 5 amide bonds. The molecule has 0 saturated carbocycles. The molecule has 2 aliphatic rings. The predicted octanol–water partition coefficient (Wildman–Crippen LogP) is 4.71. The number of aryl methyl sites for hydroxylation is 1. The van der Waals surface area contributed by atoms with E-state index in [1.807, 2.05) is 49.1 Å². The van der Waals surface area contributed by atoms with Crippen molar-refractivity contribution in [1.29, 1.82) is 0 Å². The maximum absolute atomic E-state index is 15.3. The predicted molar refractivity (Wildman–Crippen MR) is 264 cm³/mol. The van der Waals surface area contributed by atoms with Crippen LogP contribution >= 0.6 is 0 Å². The maximum Gasteiger partial charge on any atom is 0.410 e. The minimum Gasteiger partial charge on any atom is -0.477 e. The van der Waals surface area contributed by atoms with E-state index in [1.165, 1.54) is 23.4 Å². The van der Waals surface area contributed by atoms with Crippen LogP contribution in [0, 0.1) is 11.7 Å². The van der Waals surface area contributed by atoms with E-state index in [1.54, 1.807) is 40.7 Å². The van der Waals surface area contributed by atoms with Crippen LogP contribution in [-0.2, 0) is 43.5 Å². The number of rotatable bonds is 22. The van der Waals surface area contributed by atoms with Crippen molar-refractivity contribution in [2.24, 2.45) is 16.6 Å². The summed E-state index contributed by atoms with van der Waals surface area (Å²) in [6.45, 7) is 8.30. The molecule has 0 spiro atoms. The number of piperazine rings is 1. The number of carboxylic acid groups (broad SMARTS) is 1. The van der Waals surface area contributed by atoms with E-state index in [4.69, 9.17) is 10.5 Å². The number of nitrogens with one attached hydrogen (secondary N) is 3. The summed E-state index contributed by atoms with van der Waals surface area (Å²) in [5.41, 5.74) is 8.03. The summed E-state index contributed by atoms with van der Waals surface area (Å²) in [6, 6.07) is 16.6. The lowest BCUT2D eigenvalue weighted by Crippen LogP contribution is -2.57. The summed E-state index contributed by atoms with van der Waals surface area (Å²) < 4.78 is 22.5. The second-order valence-electron chi connectivity index (χ2n) is 18.0. The minimum atomic E-state index is -1.38. The first-order chi connectivity index (χ1) is 33.6. The fraction of sp³-hybridized carbons (Fsp3) is 0.451. The number of unbranched alkanes of at least 4 members (excludes halogenated alkanes) is 2. The molecule has 3 atom stereocenters. The van der Waals surface area contributed by atoms with Gasteiger partial charge in [0.25, 0.3) is 0 Å². The first-order valence-electron chi connectivity index (χ1n) is 23.9. The summed E-state index contributed by atoms with van der Waals surface area (Å²) in [7, 11) is 0. The van der Waals surface area contributed by atoms with Crippen molar-refractivity contribution in [3.05, 3.63) is 106 Å². The first kappa shape index (κ1) is 52.2. The van der Waals surface area contributed by atoms with Gasteiger partial charge in [-0.1, -0.05) is 62.7 Å². The van der Waals surface area contributed by atoms with Gasteiger partial charge in [0.15, 0.2) is 0 Å². The van der Waals surface area contributed by atoms with Crippen LogP contribution in [0.15, 0.2) is 82.7 Å². The molecular weight excluding hydrogens is 902 g/mol. The number of ether oxygens (including phenoxy) is 1. The van der Waals surface area contributed by atoms with Crippen LogP contribution in [0.3, 0.4) is 0 Å². The Hall–Kier alpha value is -7.15. The molecule has 374 valence electrons. The molecule has 0 aliphatic carbocycles. The number of halogens is 1. The quantitative estimate of drug-likeness (QED) is 0.0535. The first-order valence-corrected chi connectivity index (χ1v) is 23.9. The zero-order chi connectivity index (χ0) is 50.3. The Labute approximate surface area is 406 Å². The number of hydrogen-bond donors (Lipinski definition) is 5. The van der Waals surface area contributed by atoms with Crippen LogP contribution in [0.5, 0.6) is 0 Å². The van der Waals surface area contributed by atoms with Gasteiger partial charge in [0.05, 0.1) is 23.3 Å². The number of fused-ring (bicyclic) bond motifs is 1. The van der Waals surface area contributed by atoms with E-state index in [0.29, 0.717) is 55.8 Å². The molecule has 70 heavy (non-hydrogen) atoms. The summed E-state index contributed by atoms with van der Waals surface area (Å²) >= 11 is 0. The van der Waals surface area contributed by atoms with E-state index in [2.05, 4.69) is 20.9 Å². The number of aromatic nitrogens is 1. The summed E-state index contributed by atoms with van der Waals surface area (Å²) in [4.78, 5) is 98.3. The Balaban J connectivity index is 0.932. The van der Waals surface area contributed by atoms with Crippen molar-refractivity contribution in [2.45, 2.75) is 97.0 Å². The fourth-order valence-electron chi connectivity index (χ4n) is 8.66. The lowest BCUT2D eigenvalue weighted by molar-refractivity contribution is -0.129. The molecule has 4 aromatic rings. The number of aliphatic imine (C=N–C) groups is 1. The number of carbonyl (C=O) groups is 6. The van der Waals surface area contributed by atoms with Crippen LogP contribution in [0.25, 0.3) is 10.9 Å². The third kappa shape index (κ3) is 14.2. The monoisotopic (exact) mass is 965 g/mol. The number of nitrogens with two attached hydrogens (primary N) is 1. The molecule has 3 heterocycles. The number of carboxylic acids is 1. The number of carbonyl (C=O) groups excluding carboxylic acids is 5. The van der Waals surface area contributed by atoms with Gasteiger partial charge in [0.1, 0.15) is 30.6 Å². The second-order valence-corrected chi connectivity index (χ2v) is 18.0. The van der Waals surface area contributed by atoms with Gasteiger partial charge in [-0.05, 0) is 67.5 Å². The number of anilines is 2. The topological polar surface area (TPSA) is 238 Å². The van der Waals surface area contributed by atoms with Crippen molar-refractivity contribution in [2.75, 3.05) is 56.0 Å². The Bertz CT molecular complexity index is 2580. The van der Waals surface area contributed by atoms with Crippen molar-refractivity contribution in [1.82, 2.24) is 25.0 Å². The van der Waals surface area contributed by atoms with Crippen LogP contribution < -0.4 is 32.0 Å². The fourth-order valence-corrected chi connectivity index (χ4v) is 8.66. The standard InChI is InChI=1S/C51H64FN9O9/c1-4-58-31-38(50(67)68)48(65)37-27-39(52)43(28-42(37)58)59-22-24-61(25-23-59)51(69)70-32-35-16-18-36(19-17-35)55-45(63)30-54-29-40(53)47(33(2)3)57-49(66)41(26-34-12-7-5-8-13-34)56-44(62)14-9-6-10-20-60-21-11-15-46(60)64/h5,7-8,12-13,16-19,27-29,31,33,40-41,47H,4,6,9-11,14-15,20-26,30,32,53H2,1-3H3,(H,55,63)(H,56,62)(H,57,66)(H,67,68). The van der Waals surface area contributed by atoms with E-state index in [0.717, 1.165) is 37.4 Å². The van der Waals surface area contributed by atoms with Gasteiger partial charge in [-0.3, -0.25) is 29.0 Å². The van der Waals surface area contributed by atoms with Crippen molar-refractivity contribution >= 4 is 64.2 Å². The number of aromatic carboxylic acids is 1. The number of likely N-dealkylation sites (tertiary alicyclic amines) is 1. The number of amides is 5. The largest absolute Gasteiger partial charge is 0.477 e. The zero-order valence-electron chi connectivity index (χ0n) is 40.0. The van der Waals surface area contributed by atoms with Crippen LogP contribution in [0.1, 0.15) is 80.8 Å². The van der Waals surface area contributed by atoms with Gasteiger partial charge in [-0.25, -0.2) is 14.0 Å². The average molecular weight is 966 g/mol. The Morgan fingerprint density at radius 1 is 0.900 bits per heavy atom. The number of benzene rings is 3. The number of pyridine rings is 1. The summed E-state index contributed by atoms with van der Waals surface area (Å²) in [5.74, 6) is -3.00. The van der Waals surface area contributed by atoms with Gasteiger partial charge in [0.2, 0.25) is 29.1 Å². The molecule has 2 fully saturated rings. The lowest BCUT2D eigenvalue weighted by atomic mass is 9.96. The molecule has 3 aromatic carbocycles. The molecule has 2 aliphatic heterocycles. The maximum atomic E-state index is 15.3. The van der Waals surface area contributed by atoms with Crippen molar-refractivity contribution in [3.63, 3.8) is 0 Å². The number of hydrogen-bond acceptors (Lipinski definition) is 11. The summed E-state index contributed by atoms with van der Waals surface area (Å²) in [6.07, 6.45) is 6.43. The highest BCUT2D eigenvalue weighted by Gasteiger charge is 2.29. The molecule has 19 heteroatoms. The molecule has 6 N–H and O–H groups in total. The highest BCUT2D eigenvalue weighted by molar-refractivity contribution is 5.94. The van der Waals surface area contributed by atoms with Gasteiger partial charge in [0, 0.05) is 88.6 Å². The van der Waals surface area contributed by atoms with Gasteiger partial charge in [-0.2, -0.15) is 0 Å². The highest BCUT2D eigenvalue weighted by Crippen LogP contribution is 2.27. The van der Waals surface area contributed by atoms with Gasteiger partial charge >= 0.3 is 12.1 Å². The van der Waals surface area contributed by atoms with Crippen molar-refractivity contribution < 1.29 is 43.0 Å². The Kier molecular flexibility index (Phi) is 18.6. The van der Waals surface area contributed by atoms with Crippen molar-refractivity contribution in [3.8, 4) is 0 Å². The Morgan fingerprint density at radius 3 is 2.29 bits per heavy atom. The second kappa shape index (κ2) is 24.9. The molecule has 1 aromatic heterocycles. The SMILES string of the molecule is CCn1cc(C(=O)O)c(=O)c2cc(F)c(N3CCN(C(=O)OCc4ccc(NC(=O)CN=CC(N)C(NC(=O)C(Cc5ccccc5)NC(=O)CCCCCN5CCCC5=O)C(C)C)cc4)CC3)cc21. The molecule has 18 nitrogen and oxygen atoms in total. The van der Waals surface area contributed by atoms with Crippen LogP contribution in [0.2, 0.25) is 0 Å². The van der Waals surface area contributed by atoms with E-state index >= 15 is 4.39 Å². The minimum absolute atomic E-state index is 0.0200. The van der Waals surface area contributed by atoms with Gasteiger partial charge in [-0.15, -0.1) is 0 Å². The van der Waals surface area contributed by atoms with Gasteiger partial charge < -0.3 is 50.8 Å².